The number of rotatable bonds is 2. The number of aryl methyl sites for hydroxylation is 1. The highest BCUT2D eigenvalue weighted by Gasteiger charge is 2.34. The molecule has 1 saturated carbocycles. The maximum atomic E-state index is 12.0. The summed E-state index contributed by atoms with van der Waals surface area (Å²) < 4.78 is 3.49. The van der Waals surface area contributed by atoms with Crippen molar-refractivity contribution in [3.63, 3.8) is 0 Å². The van der Waals surface area contributed by atoms with E-state index in [9.17, 15) is 4.79 Å². The van der Waals surface area contributed by atoms with Crippen LogP contribution < -0.4 is 4.57 Å². The van der Waals surface area contributed by atoms with Gasteiger partial charge in [0.05, 0.1) is 7.05 Å². The van der Waals surface area contributed by atoms with Crippen molar-refractivity contribution in [3.05, 3.63) is 18.7 Å². The molecule has 0 saturated heterocycles. The van der Waals surface area contributed by atoms with Crippen molar-refractivity contribution < 1.29 is 9.36 Å². The number of amides is 1. The van der Waals surface area contributed by atoms with Crippen LogP contribution >= 0.6 is 0 Å². The van der Waals surface area contributed by atoms with Crippen LogP contribution in [0.15, 0.2) is 18.7 Å². The Bertz CT molecular complexity index is 368. The van der Waals surface area contributed by atoms with Crippen LogP contribution in [0, 0.1) is 5.92 Å². The zero-order valence-electron chi connectivity index (χ0n) is 9.55. The number of hydrogen-bond donors (Lipinski definition) is 0. The lowest BCUT2D eigenvalue weighted by Crippen LogP contribution is -2.39. The Morgan fingerprint density at radius 3 is 2.73 bits per heavy atom. The van der Waals surface area contributed by atoms with E-state index in [4.69, 9.17) is 0 Å². The summed E-state index contributed by atoms with van der Waals surface area (Å²) >= 11 is 0. The minimum atomic E-state index is 0.0509. The van der Waals surface area contributed by atoms with Crippen LogP contribution in [0.1, 0.15) is 19.8 Å². The van der Waals surface area contributed by atoms with Gasteiger partial charge in [-0.2, -0.15) is 4.57 Å². The van der Waals surface area contributed by atoms with Crippen molar-refractivity contribution in [2.75, 3.05) is 7.05 Å². The Morgan fingerprint density at radius 1 is 1.60 bits per heavy atom. The minimum Gasteiger partial charge on any atom is -0.304 e. The highest BCUT2D eigenvalue weighted by Crippen LogP contribution is 2.34. The van der Waals surface area contributed by atoms with Gasteiger partial charge in [0.15, 0.2) is 0 Å². The summed E-state index contributed by atoms with van der Waals surface area (Å²) in [6.45, 7) is 2.12. The second-order valence-corrected chi connectivity index (χ2v) is 4.46. The molecule has 0 aliphatic heterocycles. The summed E-state index contributed by atoms with van der Waals surface area (Å²) in [7, 11) is 3.79. The summed E-state index contributed by atoms with van der Waals surface area (Å²) in [6.07, 6.45) is 7.97. The average Bonchev–Trinajstić information content (AvgIpc) is 2.98. The molecule has 1 heterocycles. The van der Waals surface area contributed by atoms with Crippen LogP contribution in [0.3, 0.4) is 0 Å². The monoisotopic (exact) mass is 208 g/mol. The zero-order chi connectivity index (χ0) is 11.0. The third-order valence-corrected chi connectivity index (χ3v) is 3.21. The molecule has 1 aliphatic rings. The Labute approximate surface area is 90.1 Å². The molecule has 1 aliphatic carbocycles. The van der Waals surface area contributed by atoms with Gasteiger partial charge in [-0.15, -0.1) is 0 Å². The van der Waals surface area contributed by atoms with E-state index in [0.29, 0.717) is 12.0 Å². The molecule has 0 N–H and O–H groups in total. The number of hydrogen-bond acceptors (Lipinski definition) is 1. The Hall–Kier alpha value is -1.32. The van der Waals surface area contributed by atoms with E-state index in [0.717, 1.165) is 0 Å². The van der Waals surface area contributed by atoms with Gasteiger partial charge in [0, 0.05) is 13.1 Å². The molecule has 1 atom stereocenters. The van der Waals surface area contributed by atoms with Gasteiger partial charge in [0.1, 0.15) is 12.4 Å². The fourth-order valence-electron chi connectivity index (χ4n) is 1.81. The van der Waals surface area contributed by atoms with Crippen molar-refractivity contribution >= 4 is 6.03 Å². The summed E-state index contributed by atoms with van der Waals surface area (Å²) in [4.78, 5) is 13.8. The maximum absolute atomic E-state index is 12.0. The first kappa shape index (κ1) is 10.2. The summed E-state index contributed by atoms with van der Waals surface area (Å²) in [5.74, 6) is 0.711. The molecule has 4 heteroatoms. The van der Waals surface area contributed by atoms with E-state index in [1.807, 2.05) is 29.8 Å². The van der Waals surface area contributed by atoms with Crippen LogP contribution in [0.4, 0.5) is 4.79 Å². The van der Waals surface area contributed by atoms with Crippen molar-refractivity contribution in [1.29, 1.82) is 0 Å². The molecule has 2 rings (SSSR count). The smallest absolute Gasteiger partial charge is 0.304 e. The van der Waals surface area contributed by atoms with E-state index < -0.39 is 0 Å². The van der Waals surface area contributed by atoms with Crippen LogP contribution in [0.2, 0.25) is 0 Å². The molecule has 0 radical (unpaired) electrons. The minimum absolute atomic E-state index is 0.0509. The number of carbonyl (C=O) groups is 1. The topological polar surface area (TPSA) is 29.1 Å². The van der Waals surface area contributed by atoms with Crippen LogP contribution in [0.5, 0.6) is 0 Å². The fourth-order valence-corrected chi connectivity index (χ4v) is 1.81. The molecule has 15 heavy (non-hydrogen) atoms. The highest BCUT2D eigenvalue weighted by atomic mass is 16.2. The molecular formula is C11H18N3O+. The molecule has 1 unspecified atom stereocenters. The number of nitrogens with zero attached hydrogens (tertiary/aromatic N) is 3. The summed E-state index contributed by atoms with van der Waals surface area (Å²) in [6, 6.07) is 0.403. The first-order chi connectivity index (χ1) is 7.09. The molecule has 82 valence electrons. The average molecular weight is 208 g/mol. The van der Waals surface area contributed by atoms with Crippen LogP contribution in [-0.4, -0.2) is 28.6 Å². The predicted octanol–water partition coefficient (Wildman–Crippen LogP) is 1.01. The quantitative estimate of drug-likeness (QED) is 0.667. The molecule has 1 amide bonds. The maximum Gasteiger partial charge on any atom is 0.415 e. The van der Waals surface area contributed by atoms with Gasteiger partial charge in [-0.3, -0.25) is 0 Å². The van der Waals surface area contributed by atoms with E-state index in [1.54, 1.807) is 17.1 Å². The predicted molar refractivity (Wildman–Crippen MR) is 56.4 cm³/mol. The van der Waals surface area contributed by atoms with E-state index in [1.165, 1.54) is 12.8 Å². The molecular weight excluding hydrogens is 190 g/mol. The van der Waals surface area contributed by atoms with Gasteiger partial charge in [0.2, 0.25) is 0 Å². The Balaban J connectivity index is 2.06. The largest absolute Gasteiger partial charge is 0.415 e. The molecule has 4 nitrogen and oxygen atoms in total. The van der Waals surface area contributed by atoms with Crippen molar-refractivity contribution in [2.24, 2.45) is 13.0 Å². The van der Waals surface area contributed by atoms with Crippen molar-refractivity contribution in [1.82, 2.24) is 9.47 Å². The third kappa shape index (κ3) is 2.03. The van der Waals surface area contributed by atoms with Gasteiger partial charge in [0.25, 0.3) is 6.33 Å². The zero-order valence-corrected chi connectivity index (χ0v) is 9.55. The molecule has 0 aromatic carbocycles. The summed E-state index contributed by atoms with van der Waals surface area (Å²) in [5, 5.41) is 0. The Kier molecular flexibility index (Phi) is 2.50. The first-order valence-corrected chi connectivity index (χ1v) is 5.40. The molecule has 1 aromatic rings. The summed E-state index contributed by atoms with van der Waals surface area (Å²) in [5.41, 5.74) is 0. The fraction of sp³-hybridized carbons (Fsp3) is 0.636. The van der Waals surface area contributed by atoms with Gasteiger partial charge >= 0.3 is 6.03 Å². The molecule has 0 spiro atoms. The lowest BCUT2D eigenvalue weighted by atomic mass is 10.2. The Morgan fingerprint density at radius 2 is 2.27 bits per heavy atom. The number of aromatic nitrogens is 2. The third-order valence-electron chi connectivity index (χ3n) is 3.21. The second kappa shape index (κ2) is 3.68. The standard InChI is InChI=1S/C11H18N3O/c1-9(10-4-5-10)13(3)11(15)14-7-6-12(2)8-14/h6-10H,4-5H2,1-3H3/q+1. The normalized spacial score (nSPS) is 17.5. The van der Waals surface area contributed by atoms with Gasteiger partial charge in [-0.05, 0) is 25.7 Å². The van der Waals surface area contributed by atoms with E-state index in [2.05, 4.69) is 6.92 Å². The molecule has 0 bridgehead atoms. The van der Waals surface area contributed by atoms with Crippen molar-refractivity contribution in [2.45, 2.75) is 25.8 Å². The number of carbonyl (C=O) groups excluding carboxylic acids is 1. The van der Waals surface area contributed by atoms with E-state index >= 15 is 0 Å². The van der Waals surface area contributed by atoms with Gasteiger partial charge in [-0.25, -0.2) is 9.36 Å². The second-order valence-electron chi connectivity index (χ2n) is 4.46. The molecule has 1 fully saturated rings. The molecule has 1 aromatic heterocycles. The highest BCUT2D eigenvalue weighted by molar-refractivity contribution is 5.76. The SMILES string of the molecule is CC(C1CC1)N(C)C(=O)n1cc[n+](C)c1. The van der Waals surface area contributed by atoms with Gasteiger partial charge in [-0.1, -0.05) is 0 Å². The lowest BCUT2D eigenvalue weighted by molar-refractivity contribution is -0.670. The first-order valence-electron chi connectivity index (χ1n) is 5.40. The lowest BCUT2D eigenvalue weighted by Gasteiger charge is -2.21. The van der Waals surface area contributed by atoms with E-state index in [-0.39, 0.29) is 6.03 Å². The van der Waals surface area contributed by atoms with Crippen LogP contribution in [-0.2, 0) is 7.05 Å². The number of imidazole rings is 1. The van der Waals surface area contributed by atoms with Crippen molar-refractivity contribution in [3.8, 4) is 0 Å². The van der Waals surface area contributed by atoms with Gasteiger partial charge < -0.3 is 4.90 Å². The van der Waals surface area contributed by atoms with Crippen LogP contribution in [0.25, 0.3) is 0 Å².